The molecule has 0 bridgehead atoms. The molecule has 0 aliphatic heterocycles. The van der Waals surface area contributed by atoms with Crippen molar-refractivity contribution in [3.8, 4) is 0 Å². The van der Waals surface area contributed by atoms with E-state index in [0.717, 1.165) is 23.5 Å². The quantitative estimate of drug-likeness (QED) is 0.753. The molecule has 0 N–H and O–H groups in total. The van der Waals surface area contributed by atoms with Crippen molar-refractivity contribution in [3.05, 3.63) is 16.1 Å². The highest BCUT2D eigenvalue weighted by atomic mass is 32.2. The van der Waals surface area contributed by atoms with Crippen molar-refractivity contribution in [3.63, 3.8) is 0 Å². The number of nitrogens with zero attached hydrogens (tertiary/aromatic N) is 1. The average Bonchev–Trinajstić information content (AvgIpc) is 2.93. The first-order valence-electron chi connectivity index (χ1n) is 7.11. The lowest BCUT2D eigenvalue weighted by molar-refractivity contribution is -0.141. The first kappa shape index (κ1) is 16.6. The Bertz CT molecular complexity index is 541. The van der Waals surface area contributed by atoms with Crippen LogP contribution >= 0.6 is 11.3 Å². The number of ether oxygens (including phenoxy) is 1. The highest BCUT2D eigenvalue weighted by molar-refractivity contribution is 7.84. The zero-order valence-electron chi connectivity index (χ0n) is 13.1. The summed E-state index contributed by atoms with van der Waals surface area (Å²) in [5, 5.41) is 2.97. The molecule has 1 aliphatic carbocycles. The predicted molar refractivity (Wildman–Crippen MR) is 85.8 cm³/mol. The maximum atomic E-state index is 12.3. The van der Waals surface area contributed by atoms with Gasteiger partial charge in [-0.15, -0.1) is 11.3 Å². The van der Waals surface area contributed by atoms with Gasteiger partial charge in [-0.1, -0.05) is 20.8 Å². The number of methoxy groups -OCH3 is 1. The van der Waals surface area contributed by atoms with Gasteiger partial charge in [-0.2, -0.15) is 0 Å². The van der Waals surface area contributed by atoms with Crippen LogP contribution < -0.4 is 0 Å². The number of hydrogen-bond donors (Lipinski definition) is 0. The van der Waals surface area contributed by atoms with Crippen molar-refractivity contribution >= 4 is 28.1 Å². The second-order valence-corrected chi connectivity index (χ2v) is 9.26. The minimum Gasteiger partial charge on any atom is -0.469 e. The number of thiazole rings is 1. The molecule has 118 valence electrons. The van der Waals surface area contributed by atoms with Gasteiger partial charge in [0.15, 0.2) is 0 Å². The van der Waals surface area contributed by atoms with Gasteiger partial charge in [0.25, 0.3) is 0 Å². The molecule has 6 heteroatoms. The monoisotopic (exact) mass is 329 g/mol. The highest BCUT2D eigenvalue weighted by Crippen LogP contribution is 2.49. The summed E-state index contributed by atoms with van der Waals surface area (Å²) >= 11 is 1.57. The Balaban J connectivity index is 1.90. The summed E-state index contributed by atoms with van der Waals surface area (Å²) < 4.78 is 17.0. The van der Waals surface area contributed by atoms with E-state index in [1.165, 1.54) is 7.11 Å². The molecular weight excluding hydrogens is 306 g/mol. The van der Waals surface area contributed by atoms with Crippen LogP contribution in [0.1, 0.15) is 50.7 Å². The van der Waals surface area contributed by atoms with Gasteiger partial charge in [-0.3, -0.25) is 9.00 Å². The van der Waals surface area contributed by atoms with Crippen LogP contribution in [0, 0.1) is 5.41 Å². The molecule has 0 radical (unpaired) electrons. The molecule has 1 saturated carbocycles. The number of esters is 1. The van der Waals surface area contributed by atoms with Crippen molar-refractivity contribution in [2.24, 2.45) is 5.41 Å². The zero-order chi connectivity index (χ0) is 15.7. The minimum absolute atomic E-state index is 0.0266. The predicted octanol–water partition coefficient (Wildman–Crippen LogP) is 3.03. The van der Waals surface area contributed by atoms with Crippen LogP contribution in [0.2, 0.25) is 0 Å². The van der Waals surface area contributed by atoms with E-state index in [1.807, 2.05) is 5.38 Å². The van der Waals surface area contributed by atoms with E-state index in [0.29, 0.717) is 17.9 Å². The summed E-state index contributed by atoms with van der Waals surface area (Å²) in [4.78, 5) is 16.0. The molecule has 1 aromatic rings. The molecule has 1 heterocycles. The fourth-order valence-electron chi connectivity index (χ4n) is 2.18. The Morgan fingerprint density at radius 3 is 2.62 bits per heavy atom. The summed E-state index contributed by atoms with van der Waals surface area (Å²) in [6.07, 6.45) is 2.33. The molecule has 1 atom stereocenters. The molecule has 0 saturated heterocycles. The second kappa shape index (κ2) is 6.16. The summed E-state index contributed by atoms with van der Waals surface area (Å²) in [5.41, 5.74) is 0.996. The standard InChI is InChI=1S/C15H23NO3S2/c1-14(2,3)11-8-20-12(16-11)9-21(18)10-15(5-6-15)7-13(17)19-4/h8H,5-7,9-10H2,1-4H3. The number of aromatic nitrogens is 1. The lowest BCUT2D eigenvalue weighted by Crippen LogP contribution is -2.18. The molecule has 4 nitrogen and oxygen atoms in total. The Morgan fingerprint density at radius 1 is 1.48 bits per heavy atom. The minimum atomic E-state index is -0.970. The molecule has 1 aliphatic rings. The maximum Gasteiger partial charge on any atom is 0.306 e. The smallest absolute Gasteiger partial charge is 0.306 e. The first-order chi connectivity index (χ1) is 9.74. The highest BCUT2D eigenvalue weighted by Gasteiger charge is 2.45. The maximum absolute atomic E-state index is 12.3. The van der Waals surface area contributed by atoms with E-state index >= 15 is 0 Å². The van der Waals surface area contributed by atoms with E-state index in [4.69, 9.17) is 4.74 Å². The third kappa shape index (κ3) is 4.61. The lowest BCUT2D eigenvalue weighted by atomic mass is 9.93. The number of hydrogen-bond acceptors (Lipinski definition) is 5. The van der Waals surface area contributed by atoms with Crippen LogP contribution in [0.5, 0.6) is 0 Å². The van der Waals surface area contributed by atoms with E-state index < -0.39 is 10.8 Å². The summed E-state index contributed by atoms with van der Waals surface area (Å²) in [6, 6.07) is 0. The summed E-state index contributed by atoms with van der Waals surface area (Å²) in [5.74, 6) is 0.865. The van der Waals surface area contributed by atoms with Crippen LogP contribution in [0.25, 0.3) is 0 Å². The molecule has 1 fully saturated rings. The van der Waals surface area contributed by atoms with E-state index in [-0.39, 0.29) is 16.8 Å². The van der Waals surface area contributed by atoms with Crippen molar-refractivity contribution in [2.75, 3.05) is 12.9 Å². The molecule has 21 heavy (non-hydrogen) atoms. The molecule has 1 aromatic heterocycles. The van der Waals surface area contributed by atoms with Gasteiger partial charge in [0, 0.05) is 27.3 Å². The van der Waals surface area contributed by atoms with Crippen LogP contribution in [0.15, 0.2) is 5.38 Å². The van der Waals surface area contributed by atoms with Crippen LogP contribution in [-0.2, 0) is 31.5 Å². The van der Waals surface area contributed by atoms with E-state index in [2.05, 4.69) is 25.8 Å². The molecule has 1 unspecified atom stereocenters. The van der Waals surface area contributed by atoms with Crippen LogP contribution in [0.4, 0.5) is 0 Å². The fraction of sp³-hybridized carbons (Fsp3) is 0.733. The third-order valence-corrected chi connectivity index (χ3v) is 6.34. The second-order valence-electron chi connectivity index (χ2n) is 6.86. The van der Waals surface area contributed by atoms with E-state index in [9.17, 15) is 9.00 Å². The van der Waals surface area contributed by atoms with Crippen molar-refractivity contribution in [2.45, 2.75) is 51.2 Å². The van der Waals surface area contributed by atoms with Gasteiger partial charge in [-0.05, 0) is 18.3 Å². The molecule has 0 spiro atoms. The Labute approximate surface area is 132 Å². The third-order valence-electron chi connectivity index (χ3n) is 3.78. The molecular formula is C15H23NO3S2. The Morgan fingerprint density at radius 2 is 2.14 bits per heavy atom. The van der Waals surface area contributed by atoms with Gasteiger partial charge < -0.3 is 4.74 Å². The largest absolute Gasteiger partial charge is 0.469 e. The lowest BCUT2D eigenvalue weighted by Gasteiger charge is -2.14. The average molecular weight is 329 g/mol. The Kier molecular flexibility index (Phi) is 4.88. The fourth-order valence-corrected chi connectivity index (χ4v) is 5.17. The van der Waals surface area contributed by atoms with Gasteiger partial charge in [0.05, 0.1) is 25.0 Å². The number of carbonyl (C=O) groups is 1. The molecule has 0 amide bonds. The number of rotatable bonds is 6. The van der Waals surface area contributed by atoms with Crippen molar-refractivity contribution < 1.29 is 13.7 Å². The van der Waals surface area contributed by atoms with Gasteiger partial charge in [0.1, 0.15) is 5.01 Å². The topological polar surface area (TPSA) is 56.3 Å². The zero-order valence-corrected chi connectivity index (χ0v) is 14.7. The van der Waals surface area contributed by atoms with E-state index in [1.54, 1.807) is 11.3 Å². The summed E-state index contributed by atoms with van der Waals surface area (Å²) in [6.45, 7) is 6.37. The molecule has 0 aromatic carbocycles. The van der Waals surface area contributed by atoms with Crippen LogP contribution in [-0.4, -0.2) is 28.0 Å². The molecule has 2 rings (SSSR count). The van der Waals surface area contributed by atoms with Crippen molar-refractivity contribution in [1.82, 2.24) is 4.98 Å². The number of carbonyl (C=O) groups excluding carboxylic acids is 1. The summed E-state index contributed by atoms with van der Waals surface area (Å²) in [7, 11) is 0.432. The SMILES string of the molecule is COC(=O)CC1(CS(=O)Cc2nc(C(C)(C)C)cs2)CC1. The Hall–Kier alpha value is -0.750. The van der Waals surface area contributed by atoms with Gasteiger partial charge >= 0.3 is 5.97 Å². The van der Waals surface area contributed by atoms with Gasteiger partial charge in [0.2, 0.25) is 0 Å². The van der Waals surface area contributed by atoms with Crippen LogP contribution in [0.3, 0.4) is 0 Å². The van der Waals surface area contributed by atoms with Crippen molar-refractivity contribution in [1.29, 1.82) is 0 Å². The first-order valence-corrected chi connectivity index (χ1v) is 9.48. The van der Waals surface area contributed by atoms with Gasteiger partial charge in [-0.25, -0.2) is 4.98 Å². The normalized spacial score (nSPS) is 18.3.